The zero-order chi connectivity index (χ0) is 15.0. The second kappa shape index (κ2) is 5.83. The third-order valence-electron chi connectivity index (χ3n) is 3.26. The van der Waals surface area contributed by atoms with Crippen LogP contribution in [-0.4, -0.2) is 11.9 Å². The van der Waals surface area contributed by atoms with Crippen molar-refractivity contribution in [3.63, 3.8) is 0 Å². The number of hydrogen-bond donors (Lipinski definition) is 1. The van der Waals surface area contributed by atoms with Gasteiger partial charge in [0.2, 0.25) is 6.79 Å². The maximum Gasteiger partial charge on any atom is 0.231 e. The lowest BCUT2D eigenvalue weighted by Crippen LogP contribution is -2.04. The molecule has 1 aliphatic rings. The highest BCUT2D eigenvalue weighted by molar-refractivity contribution is 9.10. The molecule has 21 heavy (non-hydrogen) atoms. The van der Waals surface area contributed by atoms with Gasteiger partial charge >= 0.3 is 0 Å². The molecule has 0 saturated carbocycles. The Kier molecular flexibility index (Phi) is 4.06. The normalized spacial score (nSPS) is 14.3. The fraction of sp³-hybridized carbons (Fsp3) is 0.200. The Morgan fingerprint density at radius 2 is 2.10 bits per heavy atom. The molecule has 2 aromatic carbocycles. The van der Waals surface area contributed by atoms with Gasteiger partial charge in [-0.25, -0.2) is 4.39 Å². The zero-order valence-electron chi connectivity index (χ0n) is 10.8. The topological polar surface area (TPSA) is 38.7 Å². The van der Waals surface area contributed by atoms with Crippen LogP contribution in [0, 0.1) is 5.82 Å². The monoisotopic (exact) mass is 372 g/mol. The van der Waals surface area contributed by atoms with Gasteiger partial charge in [0.1, 0.15) is 5.82 Å². The van der Waals surface area contributed by atoms with Crippen LogP contribution in [0.4, 0.5) is 4.39 Å². The van der Waals surface area contributed by atoms with Gasteiger partial charge in [0.05, 0.1) is 10.6 Å². The molecule has 3 rings (SSSR count). The molecule has 0 aromatic heterocycles. The van der Waals surface area contributed by atoms with Crippen LogP contribution in [0.1, 0.15) is 17.2 Å². The van der Waals surface area contributed by atoms with Crippen molar-refractivity contribution in [2.75, 3.05) is 6.79 Å². The van der Waals surface area contributed by atoms with Gasteiger partial charge in [-0.15, -0.1) is 0 Å². The molecule has 1 atom stereocenters. The van der Waals surface area contributed by atoms with E-state index in [-0.39, 0.29) is 13.2 Å². The quantitative estimate of drug-likeness (QED) is 0.874. The molecule has 2 aromatic rings. The highest BCUT2D eigenvalue weighted by Crippen LogP contribution is 2.41. The minimum absolute atomic E-state index is 0.148. The highest BCUT2D eigenvalue weighted by Gasteiger charge is 2.21. The number of fused-ring (bicyclic) bond motifs is 1. The number of hydrogen-bond acceptors (Lipinski definition) is 3. The van der Waals surface area contributed by atoms with Crippen molar-refractivity contribution in [1.29, 1.82) is 0 Å². The lowest BCUT2D eigenvalue weighted by Gasteiger charge is -2.13. The molecular formula is C15H11BrClFO3. The molecule has 1 unspecified atom stereocenters. The minimum atomic E-state index is -0.855. The summed E-state index contributed by atoms with van der Waals surface area (Å²) >= 11 is 9.08. The predicted molar refractivity (Wildman–Crippen MR) is 80.3 cm³/mol. The van der Waals surface area contributed by atoms with E-state index in [1.54, 1.807) is 24.3 Å². The molecule has 6 heteroatoms. The SMILES string of the molecule is OC(Cc1ccc(Cl)cc1F)c1cc(Br)c2c(c1)OCO2. The van der Waals surface area contributed by atoms with E-state index in [0.29, 0.717) is 32.1 Å². The van der Waals surface area contributed by atoms with E-state index in [2.05, 4.69) is 15.9 Å². The summed E-state index contributed by atoms with van der Waals surface area (Å²) in [4.78, 5) is 0. The number of ether oxygens (including phenoxy) is 2. The summed E-state index contributed by atoms with van der Waals surface area (Å²) < 4.78 is 25.1. The minimum Gasteiger partial charge on any atom is -0.454 e. The van der Waals surface area contributed by atoms with Crippen LogP contribution in [0.2, 0.25) is 5.02 Å². The van der Waals surface area contributed by atoms with E-state index < -0.39 is 11.9 Å². The average Bonchev–Trinajstić information content (AvgIpc) is 2.90. The second-order valence-corrected chi connectivity index (χ2v) is 5.98. The molecule has 1 aliphatic heterocycles. The van der Waals surface area contributed by atoms with Crippen LogP contribution < -0.4 is 9.47 Å². The van der Waals surface area contributed by atoms with Gasteiger partial charge in [-0.2, -0.15) is 0 Å². The Bertz CT molecular complexity index is 693. The first-order chi connectivity index (χ1) is 10.0. The summed E-state index contributed by atoms with van der Waals surface area (Å²) in [7, 11) is 0. The van der Waals surface area contributed by atoms with Crippen molar-refractivity contribution in [2.45, 2.75) is 12.5 Å². The number of aliphatic hydroxyl groups is 1. The Balaban J connectivity index is 1.85. The van der Waals surface area contributed by atoms with E-state index in [0.717, 1.165) is 0 Å². The number of rotatable bonds is 3. The number of halogens is 3. The molecule has 0 aliphatic carbocycles. The van der Waals surface area contributed by atoms with Gasteiger partial charge in [0, 0.05) is 11.4 Å². The van der Waals surface area contributed by atoms with Crippen LogP contribution >= 0.6 is 27.5 Å². The zero-order valence-corrected chi connectivity index (χ0v) is 13.1. The van der Waals surface area contributed by atoms with E-state index in [9.17, 15) is 9.50 Å². The van der Waals surface area contributed by atoms with Crippen LogP contribution in [0.3, 0.4) is 0 Å². The van der Waals surface area contributed by atoms with Crippen LogP contribution in [0.15, 0.2) is 34.8 Å². The van der Waals surface area contributed by atoms with Gasteiger partial charge in [-0.1, -0.05) is 17.7 Å². The smallest absolute Gasteiger partial charge is 0.231 e. The summed E-state index contributed by atoms with van der Waals surface area (Å²) in [6, 6.07) is 7.85. The van der Waals surface area contributed by atoms with Crippen molar-refractivity contribution >= 4 is 27.5 Å². The summed E-state index contributed by atoms with van der Waals surface area (Å²) in [5, 5.41) is 10.6. The maximum atomic E-state index is 13.8. The van der Waals surface area contributed by atoms with Gasteiger partial charge in [0.25, 0.3) is 0 Å². The maximum absolute atomic E-state index is 13.8. The summed E-state index contributed by atoms with van der Waals surface area (Å²) in [6.07, 6.45) is -0.707. The molecule has 0 radical (unpaired) electrons. The molecule has 110 valence electrons. The van der Waals surface area contributed by atoms with E-state index in [1.807, 2.05) is 0 Å². The highest BCUT2D eigenvalue weighted by atomic mass is 79.9. The Hall–Kier alpha value is -1.30. The van der Waals surface area contributed by atoms with Crippen LogP contribution in [0.5, 0.6) is 11.5 Å². The van der Waals surface area contributed by atoms with E-state index in [4.69, 9.17) is 21.1 Å². The van der Waals surface area contributed by atoms with Crippen LogP contribution in [0.25, 0.3) is 0 Å². The first kappa shape index (κ1) is 14.6. The molecular weight excluding hydrogens is 363 g/mol. The molecule has 1 heterocycles. The fourth-order valence-electron chi connectivity index (χ4n) is 2.19. The third kappa shape index (κ3) is 3.00. The van der Waals surface area contributed by atoms with Crippen molar-refractivity contribution < 1.29 is 19.0 Å². The Labute approximate surface area is 134 Å². The largest absolute Gasteiger partial charge is 0.454 e. The average molecular weight is 374 g/mol. The van der Waals surface area contributed by atoms with E-state index in [1.165, 1.54) is 6.07 Å². The van der Waals surface area contributed by atoms with Gasteiger partial charge in [-0.3, -0.25) is 0 Å². The molecule has 0 saturated heterocycles. The molecule has 0 spiro atoms. The van der Waals surface area contributed by atoms with E-state index >= 15 is 0 Å². The first-order valence-electron chi connectivity index (χ1n) is 6.25. The fourth-order valence-corrected chi connectivity index (χ4v) is 2.93. The molecule has 3 nitrogen and oxygen atoms in total. The first-order valence-corrected chi connectivity index (χ1v) is 7.42. The van der Waals surface area contributed by atoms with Crippen molar-refractivity contribution in [1.82, 2.24) is 0 Å². The molecule has 0 amide bonds. The molecule has 0 bridgehead atoms. The summed E-state index contributed by atoms with van der Waals surface area (Å²) in [5.74, 6) is 0.750. The lowest BCUT2D eigenvalue weighted by molar-refractivity contribution is 0.171. The lowest BCUT2D eigenvalue weighted by atomic mass is 10.0. The molecule has 0 fully saturated rings. The standard InChI is InChI=1S/C15H11BrClFO3/c16-11-3-9(5-14-15(11)21-7-20-14)13(19)4-8-1-2-10(17)6-12(8)18/h1-3,5-6,13,19H,4,7H2. The molecule has 1 N–H and O–H groups in total. The summed E-state index contributed by atoms with van der Waals surface area (Å²) in [6.45, 7) is 0.152. The number of benzene rings is 2. The Morgan fingerprint density at radius 3 is 2.86 bits per heavy atom. The van der Waals surface area contributed by atoms with Crippen molar-refractivity contribution in [3.05, 3.63) is 56.8 Å². The second-order valence-electron chi connectivity index (χ2n) is 4.69. The van der Waals surface area contributed by atoms with Crippen LogP contribution in [-0.2, 0) is 6.42 Å². The Morgan fingerprint density at radius 1 is 1.29 bits per heavy atom. The summed E-state index contributed by atoms with van der Waals surface area (Å²) in [5.41, 5.74) is 1.03. The van der Waals surface area contributed by atoms with Crippen molar-refractivity contribution in [3.8, 4) is 11.5 Å². The third-order valence-corrected chi connectivity index (χ3v) is 4.09. The van der Waals surface area contributed by atoms with Gasteiger partial charge < -0.3 is 14.6 Å². The van der Waals surface area contributed by atoms with Gasteiger partial charge in [-0.05, 0) is 51.3 Å². The van der Waals surface area contributed by atoms with Gasteiger partial charge in [0.15, 0.2) is 11.5 Å². The van der Waals surface area contributed by atoms with Crippen molar-refractivity contribution in [2.24, 2.45) is 0 Å². The number of aliphatic hydroxyl groups excluding tert-OH is 1. The predicted octanol–water partition coefficient (Wildman–Crippen LogP) is 4.25.